The molecule has 16 heavy (non-hydrogen) atoms. The van der Waals surface area contributed by atoms with Gasteiger partial charge in [0.05, 0.1) is 23.2 Å². The summed E-state index contributed by atoms with van der Waals surface area (Å²) >= 11 is 0. The molecule has 0 aliphatic carbocycles. The van der Waals surface area contributed by atoms with Crippen molar-refractivity contribution < 1.29 is 8.42 Å². The molecule has 0 saturated heterocycles. The fourth-order valence-electron chi connectivity index (χ4n) is 1.52. The second-order valence-corrected chi connectivity index (χ2v) is 5.79. The molecule has 2 rings (SSSR count). The summed E-state index contributed by atoms with van der Waals surface area (Å²) in [6, 6.07) is -0.209. The minimum absolute atomic E-state index is 0.0854. The maximum atomic E-state index is 11.2. The molecular formula is C10H13N3O2S. The van der Waals surface area contributed by atoms with Crippen LogP contribution in [0.25, 0.3) is 0 Å². The Bertz CT molecular complexity index is 537. The van der Waals surface area contributed by atoms with Gasteiger partial charge in [-0.05, 0) is 19.9 Å². The zero-order valence-corrected chi connectivity index (χ0v) is 9.95. The van der Waals surface area contributed by atoms with Gasteiger partial charge in [-0.2, -0.15) is 0 Å². The standard InChI is InChI=1S/C10H13N3O2S/c1-7-5-11-8(2)10(12-7)13-9-3-4-16(14,15)6-9/h3-5,9H,6H2,1-2H3,(H,12,13). The molecule has 1 aliphatic rings. The van der Waals surface area contributed by atoms with Crippen LogP contribution in [0.4, 0.5) is 5.82 Å². The summed E-state index contributed by atoms with van der Waals surface area (Å²) in [6.45, 7) is 3.68. The Kier molecular flexibility index (Phi) is 2.67. The predicted octanol–water partition coefficient (Wildman–Crippen LogP) is 0.816. The second kappa shape index (κ2) is 3.86. The Balaban J connectivity index is 2.17. The van der Waals surface area contributed by atoms with Crippen LogP contribution in [0.2, 0.25) is 0 Å². The van der Waals surface area contributed by atoms with Crippen molar-refractivity contribution in [2.75, 3.05) is 11.1 Å². The Labute approximate surface area is 94.5 Å². The highest BCUT2D eigenvalue weighted by Crippen LogP contribution is 2.15. The minimum Gasteiger partial charge on any atom is -0.361 e. The van der Waals surface area contributed by atoms with Gasteiger partial charge in [0.1, 0.15) is 5.82 Å². The first-order valence-electron chi connectivity index (χ1n) is 4.94. The molecule has 0 saturated carbocycles. The Morgan fingerprint density at radius 3 is 2.81 bits per heavy atom. The predicted molar refractivity (Wildman–Crippen MR) is 61.8 cm³/mol. The zero-order valence-electron chi connectivity index (χ0n) is 9.14. The summed E-state index contributed by atoms with van der Waals surface area (Å²) in [6.07, 6.45) is 3.32. The molecule has 0 spiro atoms. The van der Waals surface area contributed by atoms with Gasteiger partial charge in [-0.25, -0.2) is 13.4 Å². The van der Waals surface area contributed by atoms with Crippen LogP contribution in [0, 0.1) is 13.8 Å². The van der Waals surface area contributed by atoms with Crippen LogP contribution < -0.4 is 5.32 Å². The first-order chi connectivity index (χ1) is 7.46. The molecule has 86 valence electrons. The third-order valence-electron chi connectivity index (χ3n) is 2.33. The van der Waals surface area contributed by atoms with Crippen molar-refractivity contribution in [1.82, 2.24) is 9.97 Å². The number of anilines is 1. The van der Waals surface area contributed by atoms with E-state index in [1.54, 1.807) is 12.3 Å². The van der Waals surface area contributed by atoms with Crippen LogP contribution in [0.1, 0.15) is 11.4 Å². The van der Waals surface area contributed by atoms with Gasteiger partial charge in [-0.15, -0.1) is 0 Å². The van der Waals surface area contributed by atoms with E-state index in [1.807, 2.05) is 13.8 Å². The lowest BCUT2D eigenvalue weighted by atomic mass is 10.3. The first kappa shape index (κ1) is 11.1. The number of nitrogens with one attached hydrogen (secondary N) is 1. The van der Waals surface area contributed by atoms with Crippen molar-refractivity contribution in [3.05, 3.63) is 29.1 Å². The topological polar surface area (TPSA) is 72.0 Å². The van der Waals surface area contributed by atoms with E-state index >= 15 is 0 Å². The van der Waals surface area contributed by atoms with E-state index in [2.05, 4.69) is 15.3 Å². The zero-order chi connectivity index (χ0) is 11.8. The fourth-order valence-corrected chi connectivity index (χ4v) is 2.75. The van der Waals surface area contributed by atoms with Crippen molar-refractivity contribution in [2.24, 2.45) is 0 Å². The Morgan fingerprint density at radius 1 is 1.44 bits per heavy atom. The maximum absolute atomic E-state index is 11.2. The van der Waals surface area contributed by atoms with E-state index in [-0.39, 0.29) is 11.8 Å². The molecular weight excluding hydrogens is 226 g/mol. The molecule has 0 aromatic carbocycles. The summed E-state index contributed by atoms with van der Waals surface area (Å²) in [7, 11) is -3.03. The molecule has 1 aromatic rings. The monoisotopic (exact) mass is 239 g/mol. The van der Waals surface area contributed by atoms with Gasteiger partial charge in [0.2, 0.25) is 0 Å². The molecule has 1 atom stereocenters. The molecule has 0 fully saturated rings. The van der Waals surface area contributed by atoms with Gasteiger partial charge in [0, 0.05) is 11.6 Å². The van der Waals surface area contributed by atoms with Crippen LogP contribution in [-0.4, -0.2) is 30.2 Å². The third-order valence-corrected chi connectivity index (χ3v) is 3.72. The first-order valence-corrected chi connectivity index (χ1v) is 6.65. The van der Waals surface area contributed by atoms with E-state index in [0.29, 0.717) is 5.82 Å². The van der Waals surface area contributed by atoms with E-state index in [0.717, 1.165) is 11.4 Å². The lowest BCUT2D eigenvalue weighted by molar-refractivity contribution is 0.605. The Hall–Kier alpha value is -1.43. The van der Waals surface area contributed by atoms with Gasteiger partial charge in [-0.1, -0.05) is 0 Å². The lowest BCUT2D eigenvalue weighted by Crippen LogP contribution is -2.22. The van der Waals surface area contributed by atoms with Crippen molar-refractivity contribution in [3.63, 3.8) is 0 Å². The average molecular weight is 239 g/mol. The van der Waals surface area contributed by atoms with Crippen LogP contribution in [-0.2, 0) is 9.84 Å². The van der Waals surface area contributed by atoms with Crippen molar-refractivity contribution in [2.45, 2.75) is 19.9 Å². The van der Waals surface area contributed by atoms with Crippen LogP contribution in [0.5, 0.6) is 0 Å². The number of aromatic nitrogens is 2. The van der Waals surface area contributed by atoms with E-state index in [1.165, 1.54) is 5.41 Å². The van der Waals surface area contributed by atoms with Crippen LogP contribution in [0.15, 0.2) is 17.7 Å². The summed E-state index contributed by atoms with van der Waals surface area (Å²) < 4.78 is 22.4. The molecule has 1 aliphatic heterocycles. The summed E-state index contributed by atoms with van der Waals surface area (Å²) in [5.41, 5.74) is 1.57. The lowest BCUT2D eigenvalue weighted by Gasteiger charge is -2.12. The number of aryl methyl sites for hydroxylation is 2. The fraction of sp³-hybridized carbons (Fsp3) is 0.400. The normalized spacial score (nSPS) is 22.2. The molecule has 1 aromatic heterocycles. The third kappa shape index (κ3) is 2.38. The summed E-state index contributed by atoms with van der Waals surface area (Å²) in [5, 5.41) is 4.31. The van der Waals surface area contributed by atoms with Crippen LogP contribution in [0.3, 0.4) is 0 Å². The van der Waals surface area contributed by atoms with Gasteiger partial charge in [0.25, 0.3) is 0 Å². The highest BCUT2D eigenvalue weighted by Gasteiger charge is 2.22. The molecule has 0 bridgehead atoms. The van der Waals surface area contributed by atoms with Gasteiger partial charge in [-0.3, -0.25) is 4.98 Å². The number of nitrogens with zero attached hydrogens (tertiary/aromatic N) is 2. The summed E-state index contributed by atoms with van der Waals surface area (Å²) in [5.74, 6) is 0.731. The molecule has 1 N–H and O–H groups in total. The quantitative estimate of drug-likeness (QED) is 0.827. The van der Waals surface area contributed by atoms with Crippen molar-refractivity contribution >= 4 is 15.7 Å². The molecule has 0 radical (unpaired) electrons. The average Bonchev–Trinajstić information content (AvgIpc) is 2.52. The minimum atomic E-state index is -3.03. The van der Waals surface area contributed by atoms with E-state index < -0.39 is 9.84 Å². The smallest absolute Gasteiger partial charge is 0.173 e. The second-order valence-electron chi connectivity index (χ2n) is 3.85. The largest absolute Gasteiger partial charge is 0.361 e. The molecule has 5 nitrogen and oxygen atoms in total. The van der Waals surface area contributed by atoms with E-state index in [9.17, 15) is 8.42 Å². The summed E-state index contributed by atoms with van der Waals surface area (Å²) in [4.78, 5) is 8.44. The Morgan fingerprint density at radius 2 is 2.19 bits per heavy atom. The van der Waals surface area contributed by atoms with E-state index in [4.69, 9.17) is 0 Å². The molecule has 2 heterocycles. The van der Waals surface area contributed by atoms with Gasteiger partial charge in [0.15, 0.2) is 9.84 Å². The van der Waals surface area contributed by atoms with Crippen molar-refractivity contribution in [3.8, 4) is 0 Å². The highest BCUT2D eigenvalue weighted by molar-refractivity contribution is 7.94. The maximum Gasteiger partial charge on any atom is 0.173 e. The van der Waals surface area contributed by atoms with Crippen molar-refractivity contribution in [1.29, 1.82) is 0 Å². The number of hydrogen-bond donors (Lipinski definition) is 1. The molecule has 6 heteroatoms. The molecule has 1 unspecified atom stereocenters. The van der Waals surface area contributed by atoms with Gasteiger partial charge < -0.3 is 5.32 Å². The van der Waals surface area contributed by atoms with Gasteiger partial charge >= 0.3 is 0 Å². The molecule has 0 amide bonds. The highest BCUT2D eigenvalue weighted by atomic mass is 32.2. The number of sulfone groups is 1. The van der Waals surface area contributed by atoms with Crippen LogP contribution >= 0.6 is 0 Å². The number of rotatable bonds is 2. The SMILES string of the molecule is Cc1cnc(C)c(NC2C=CS(=O)(=O)C2)n1. The number of hydrogen-bond acceptors (Lipinski definition) is 5.